The molecular formula is C14H22ClN5O. The molecule has 1 N–H and O–H groups in total. The third kappa shape index (κ3) is 2.79. The summed E-state index contributed by atoms with van der Waals surface area (Å²) in [4.78, 5) is 17.3. The monoisotopic (exact) mass is 311 g/mol. The predicted octanol–water partition coefficient (Wildman–Crippen LogP) is 1.58. The molecule has 2 aliphatic rings. The third-order valence-corrected chi connectivity index (χ3v) is 4.90. The fourth-order valence-corrected chi connectivity index (χ4v) is 3.67. The Morgan fingerprint density at radius 3 is 2.62 bits per heavy atom. The van der Waals surface area contributed by atoms with Crippen molar-refractivity contribution in [2.24, 2.45) is 11.8 Å². The van der Waals surface area contributed by atoms with Crippen LogP contribution in [-0.4, -0.2) is 52.3 Å². The Morgan fingerprint density at radius 1 is 1.19 bits per heavy atom. The molecule has 0 amide bonds. The molecule has 1 aromatic heterocycles. The second-order valence-corrected chi connectivity index (χ2v) is 6.19. The fourth-order valence-electron chi connectivity index (χ4n) is 3.52. The average molecular weight is 312 g/mol. The number of aliphatic hydroxyl groups excluding tert-OH is 1. The molecule has 116 valence electrons. The first-order chi connectivity index (χ1) is 10.1. The van der Waals surface area contributed by atoms with Crippen molar-refractivity contribution in [1.29, 1.82) is 0 Å². The highest BCUT2D eigenvalue weighted by Crippen LogP contribution is 2.39. The number of rotatable bonds is 4. The molecule has 2 fully saturated rings. The van der Waals surface area contributed by atoms with E-state index in [4.69, 9.17) is 11.6 Å². The van der Waals surface area contributed by atoms with Gasteiger partial charge in [0.05, 0.1) is 6.10 Å². The molecule has 7 heteroatoms. The lowest BCUT2D eigenvalue weighted by atomic mass is 10.00. The highest BCUT2D eigenvalue weighted by atomic mass is 35.5. The Morgan fingerprint density at radius 2 is 1.95 bits per heavy atom. The molecule has 1 saturated carbocycles. The lowest BCUT2D eigenvalue weighted by Gasteiger charge is -2.22. The fraction of sp³-hybridized carbons (Fsp3) is 0.786. The van der Waals surface area contributed by atoms with Gasteiger partial charge in [-0.1, -0.05) is 0 Å². The van der Waals surface area contributed by atoms with Crippen molar-refractivity contribution >= 4 is 23.5 Å². The predicted molar refractivity (Wildman–Crippen MR) is 82.8 cm³/mol. The lowest BCUT2D eigenvalue weighted by Crippen LogP contribution is -2.29. The largest absolute Gasteiger partial charge is 0.393 e. The SMILES string of the molecule is CCN(CC)c1nc(Cl)nc(N2CC3CCC(O)C3C2)n1. The Hall–Kier alpha value is -1.14. The maximum absolute atomic E-state index is 10.0. The van der Waals surface area contributed by atoms with Gasteiger partial charge in [0.15, 0.2) is 0 Å². The Bertz CT molecular complexity index is 510. The molecule has 1 aromatic rings. The van der Waals surface area contributed by atoms with Crippen molar-refractivity contribution in [1.82, 2.24) is 15.0 Å². The Labute approximate surface area is 130 Å². The molecule has 3 rings (SSSR count). The van der Waals surface area contributed by atoms with Crippen molar-refractivity contribution < 1.29 is 5.11 Å². The Kier molecular flexibility index (Phi) is 4.17. The highest BCUT2D eigenvalue weighted by molar-refractivity contribution is 6.28. The van der Waals surface area contributed by atoms with Gasteiger partial charge in [-0.2, -0.15) is 15.0 Å². The Balaban J connectivity index is 1.83. The van der Waals surface area contributed by atoms with Gasteiger partial charge >= 0.3 is 0 Å². The van der Waals surface area contributed by atoms with Crippen molar-refractivity contribution in [3.63, 3.8) is 0 Å². The first-order valence-electron chi connectivity index (χ1n) is 7.71. The second kappa shape index (κ2) is 5.93. The molecule has 3 atom stereocenters. The zero-order valence-corrected chi connectivity index (χ0v) is 13.3. The van der Waals surface area contributed by atoms with Gasteiger partial charge in [0.2, 0.25) is 17.2 Å². The summed E-state index contributed by atoms with van der Waals surface area (Å²) in [5.41, 5.74) is 0. The van der Waals surface area contributed by atoms with Crippen LogP contribution in [-0.2, 0) is 0 Å². The summed E-state index contributed by atoms with van der Waals surface area (Å²) in [5.74, 6) is 2.16. The van der Waals surface area contributed by atoms with Crippen LogP contribution in [0.2, 0.25) is 5.28 Å². The van der Waals surface area contributed by atoms with Crippen LogP contribution in [0, 0.1) is 11.8 Å². The van der Waals surface area contributed by atoms with E-state index >= 15 is 0 Å². The minimum atomic E-state index is -0.181. The van der Waals surface area contributed by atoms with E-state index in [1.54, 1.807) is 0 Å². The topological polar surface area (TPSA) is 65.4 Å². The van der Waals surface area contributed by atoms with Crippen molar-refractivity contribution in [3.8, 4) is 0 Å². The molecule has 21 heavy (non-hydrogen) atoms. The van der Waals surface area contributed by atoms with Gasteiger partial charge in [0.25, 0.3) is 0 Å². The summed E-state index contributed by atoms with van der Waals surface area (Å²) >= 11 is 6.07. The average Bonchev–Trinajstić information content (AvgIpc) is 3.02. The van der Waals surface area contributed by atoms with Crippen LogP contribution < -0.4 is 9.80 Å². The van der Waals surface area contributed by atoms with E-state index in [1.165, 1.54) is 0 Å². The highest BCUT2D eigenvalue weighted by Gasteiger charge is 2.42. The van der Waals surface area contributed by atoms with E-state index in [9.17, 15) is 5.11 Å². The van der Waals surface area contributed by atoms with Gasteiger partial charge in [-0.3, -0.25) is 0 Å². The summed E-state index contributed by atoms with van der Waals surface area (Å²) in [6.45, 7) is 7.51. The van der Waals surface area contributed by atoms with Crippen LogP contribution in [0.15, 0.2) is 0 Å². The van der Waals surface area contributed by atoms with E-state index in [-0.39, 0.29) is 11.4 Å². The van der Waals surface area contributed by atoms with E-state index in [0.29, 0.717) is 23.7 Å². The van der Waals surface area contributed by atoms with Gasteiger partial charge in [0, 0.05) is 32.1 Å². The minimum Gasteiger partial charge on any atom is -0.393 e. The van der Waals surface area contributed by atoms with Gasteiger partial charge in [0.1, 0.15) is 0 Å². The second-order valence-electron chi connectivity index (χ2n) is 5.85. The molecule has 6 nitrogen and oxygen atoms in total. The quantitative estimate of drug-likeness (QED) is 0.910. The standard InChI is InChI=1S/C14H22ClN5O/c1-3-19(4-2)13-16-12(15)17-14(18-13)20-7-9-5-6-11(21)10(9)8-20/h9-11,21H,3-8H2,1-2H3. The normalized spacial score (nSPS) is 28.0. The van der Waals surface area contributed by atoms with Gasteiger partial charge < -0.3 is 14.9 Å². The van der Waals surface area contributed by atoms with Crippen LogP contribution in [0.4, 0.5) is 11.9 Å². The summed E-state index contributed by atoms with van der Waals surface area (Å²) in [6.07, 6.45) is 1.83. The van der Waals surface area contributed by atoms with Crippen LogP contribution in [0.1, 0.15) is 26.7 Å². The maximum Gasteiger partial charge on any atom is 0.231 e. The van der Waals surface area contributed by atoms with Crippen LogP contribution in [0.3, 0.4) is 0 Å². The first kappa shape index (κ1) is 14.8. The first-order valence-corrected chi connectivity index (χ1v) is 8.09. The minimum absolute atomic E-state index is 0.181. The molecular weight excluding hydrogens is 290 g/mol. The summed E-state index contributed by atoms with van der Waals surface area (Å²) in [6, 6.07) is 0. The van der Waals surface area contributed by atoms with Gasteiger partial charge in [-0.15, -0.1) is 0 Å². The number of halogens is 1. The molecule has 3 unspecified atom stereocenters. The third-order valence-electron chi connectivity index (χ3n) is 4.73. The molecule has 1 saturated heterocycles. The molecule has 2 heterocycles. The molecule has 0 radical (unpaired) electrons. The smallest absolute Gasteiger partial charge is 0.231 e. The number of aromatic nitrogens is 3. The van der Waals surface area contributed by atoms with Gasteiger partial charge in [-0.25, -0.2) is 0 Å². The molecule has 0 spiro atoms. The van der Waals surface area contributed by atoms with Crippen LogP contribution >= 0.6 is 11.6 Å². The summed E-state index contributed by atoms with van der Waals surface area (Å²) < 4.78 is 0. The number of nitrogens with zero attached hydrogens (tertiary/aromatic N) is 5. The lowest BCUT2D eigenvalue weighted by molar-refractivity contribution is 0.133. The van der Waals surface area contributed by atoms with E-state index in [2.05, 4.69) is 38.6 Å². The molecule has 0 aromatic carbocycles. The number of anilines is 2. The number of hydrogen-bond acceptors (Lipinski definition) is 6. The van der Waals surface area contributed by atoms with E-state index in [0.717, 1.165) is 39.0 Å². The zero-order valence-electron chi connectivity index (χ0n) is 12.5. The summed E-state index contributed by atoms with van der Waals surface area (Å²) in [7, 11) is 0. The number of hydrogen-bond donors (Lipinski definition) is 1. The zero-order chi connectivity index (χ0) is 15.0. The summed E-state index contributed by atoms with van der Waals surface area (Å²) in [5, 5.41) is 10.3. The van der Waals surface area contributed by atoms with Crippen LogP contribution in [0.5, 0.6) is 0 Å². The van der Waals surface area contributed by atoms with Gasteiger partial charge in [-0.05, 0) is 44.2 Å². The molecule has 1 aliphatic carbocycles. The van der Waals surface area contributed by atoms with E-state index in [1.807, 2.05) is 0 Å². The van der Waals surface area contributed by atoms with E-state index < -0.39 is 0 Å². The van der Waals surface area contributed by atoms with Crippen molar-refractivity contribution in [3.05, 3.63) is 5.28 Å². The molecule has 0 bridgehead atoms. The van der Waals surface area contributed by atoms with Crippen molar-refractivity contribution in [2.75, 3.05) is 36.0 Å². The van der Waals surface area contributed by atoms with Crippen LogP contribution in [0.25, 0.3) is 0 Å². The molecule has 1 aliphatic heterocycles. The number of aliphatic hydroxyl groups is 1. The maximum atomic E-state index is 10.0. The van der Waals surface area contributed by atoms with Crippen molar-refractivity contribution in [2.45, 2.75) is 32.8 Å². The number of fused-ring (bicyclic) bond motifs is 1.